The van der Waals surface area contributed by atoms with E-state index in [0.29, 0.717) is 38.8 Å². The lowest BCUT2D eigenvalue weighted by atomic mass is 10.0. The number of aryl methyl sites for hydroxylation is 1. The van der Waals surface area contributed by atoms with E-state index in [4.69, 9.17) is 14.2 Å². The number of carboxylic acid groups (broad SMARTS) is 1. The van der Waals surface area contributed by atoms with Gasteiger partial charge in [0.2, 0.25) is 0 Å². The van der Waals surface area contributed by atoms with Crippen LogP contribution in [0.5, 0.6) is 5.75 Å². The first-order valence-corrected chi connectivity index (χ1v) is 12.4. The Balaban J connectivity index is 1.60. The molecule has 0 aliphatic carbocycles. The molecule has 0 bridgehead atoms. The average Bonchev–Trinajstić information content (AvgIpc) is 2.83. The molecule has 5 heteroatoms. The van der Waals surface area contributed by atoms with Gasteiger partial charge in [0.25, 0.3) is 0 Å². The molecule has 0 heterocycles. The van der Waals surface area contributed by atoms with Crippen molar-refractivity contribution in [2.75, 3.05) is 26.4 Å². The maximum Gasteiger partial charge on any atom is 0.339 e. The molecule has 2 aromatic rings. The Labute approximate surface area is 199 Å². The molecule has 0 amide bonds. The number of unbranched alkanes of at least 4 members (excludes halogenated alkanes) is 7. The van der Waals surface area contributed by atoms with Crippen LogP contribution in [0.4, 0.5) is 0 Å². The first kappa shape index (κ1) is 26.9. The monoisotopic (exact) mass is 456 g/mol. The smallest absolute Gasteiger partial charge is 0.339 e. The summed E-state index contributed by atoms with van der Waals surface area (Å²) in [4.78, 5) is 11.7. The molecule has 0 aromatic heterocycles. The summed E-state index contributed by atoms with van der Waals surface area (Å²) in [6, 6.07) is 15.5. The molecular weight excluding hydrogens is 416 g/mol. The summed E-state index contributed by atoms with van der Waals surface area (Å²) in [7, 11) is 0. The van der Waals surface area contributed by atoms with Crippen molar-refractivity contribution >= 4 is 5.97 Å². The second-order valence-electron chi connectivity index (χ2n) is 8.36. The van der Waals surface area contributed by atoms with Crippen LogP contribution in [0.2, 0.25) is 0 Å². The van der Waals surface area contributed by atoms with Gasteiger partial charge in [0.1, 0.15) is 17.9 Å². The lowest BCUT2D eigenvalue weighted by Crippen LogP contribution is -2.12. The second-order valence-corrected chi connectivity index (χ2v) is 8.36. The molecule has 2 rings (SSSR count). The van der Waals surface area contributed by atoms with E-state index in [1.54, 1.807) is 12.1 Å². The zero-order valence-corrected chi connectivity index (χ0v) is 20.1. The summed E-state index contributed by atoms with van der Waals surface area (Å²) in [6.07, 6.45) is 11.0. The number of hydrogen-bond acceptors (Lipinski definition) is 4. The summed E-state index contributed by atoms with van der Waals surface area (Å²) in [5.41, 5.74) is 2.41. The minimum Gasteiger partial charge on any atom is -0.490 e. The van der Waals surface area contributed by atoms with Gasteiger partial charge in [-0.2, -0.15) is 0 Å². The molecule has 1 N–H and O–H groups in total. The van der Waals surface area contributed by atoms with Crippen LogP contribution >= 0.6 is 0 Å². The van der Waals surface area contributed by atoms with Gasteiger partial charge in [-0.3, -0.25) is 0 Å². The predicted molar refractivity (Wildman–Crippen MR) is 132 cm³/mol. The third-order valence-corrected chi connectivity index (χ3v) is 5.56. The fraction of sp³-hybridized carbons (Fsp3) is 0.536. The number of ether oxygens (including phenoxy) is 3. The van der Waals surface area contributed by atoms with Crippen LogP contribution in [0.15, 0.2) is 48.5 Å². The predicted octanol–water partition coefficient (Wildman–Crippen LogP) is 6.68. The number of carboxylic acids is 1. The quantitative estimate of drug-likeness (QED) is 0.239. The minimum atomic E-state index is -0.960. The molecule has 0 fully saturated rings. The molecule has 0 atom stereocenters. The van der Waals surface area contributed by atoms with Crippen LogP contribution < -0.4 is 4.74 Å². The molecule has 0 aliphatic heterocycles. The van der Waals surface area contributed by atoms with Crippen LogP contribution in [0, 0.1) is 0 Å². The topological polar surface area (TPSA) is 65.0 Å². The summed E-state index contributed by atoms with van der Waals surface area (Å²) in [5, 5.41) is 9.57. The molecule has 0 unspecified atom stereocenters. The number of hydrogen-bond donors (Lipinski definition) is 1. The van der Waals surface area contributed by atoms with Gasteiger partial charge in [0.15, 0.2) is 0 Å². The van der Waals surface area contributed by atoms with E-state index in [1.807, 2.05) is 36.4 Å². The molecule has 33 heavy (non-hydrogen) atoms. The Hall–Kier alpha value is -2.37. The first-order valence-electron chi connectivity index (χ1n) is 12.4. The van der Waals surface area contributed by atoms with Crippen molar-refractivity contribution in [1.82, 2.24) is 0 Å². The lowest BCUT2D eigenvalue weighted by molar-refractivity contribution is 0.0301. The standard InChI is InChI=1S/C28H40O5/c1-2-3-4-5-6-7-8-10-13-24-16-17-27(26(22-24)28(29)30)33-21-20-31-18-19-32-23-25-14-11-9-12-15-25/h9,11-12,14-17,22H,2-8,10,13,18-21,23H2,1H3,(H,29,30). The van der Waals surface area contributed by atoms with Crippen LogP contribution in [0.25, 0.3) is 0 Å². The van der Waals surface area contributed by atoms with Gasteiger partial charge in [-0.15, -0.1) is 0 Å². The largest absolute Gasteiger partial charge is 0.490 e. The second kappa shape index (κ2) is 17.2. The van der Waals surface area contributed by atoms with E-state index in [0.717, 1.165) is 24.0 Å². The van der Waals surface area contributed by atoms with Crippen LogP contribution in [0.1, 0.15) is 79.8 Å². The molecule has 2 aromatic carbocycles. The molecule has 0 aliphatic rings. The molecule has 0 spiro atoms. The first-order chi connectivity index (χ1) is 16.2. The third-order valence-electron chi connectivity index (χ3n) is 5.56. The molecule has 0 saturated carbocycles. The van der Waals surface area contributed by atoms with Gasteiger partial charge in [-0.25, -0.2) is 4.79 Å². The Morgan fingerprint density at radius 1 is 0.758 bits per heavy atom. The van der Waals surface area contributed by atoms with Crippen LogP contribution in [0.3, 0.4) is 0 Å². The van der Waals surface area contributed by atoms with Crippen molar-refractivity contribution in [2.24, 2.45) is 0 Å². The van der Waals surface area contributed by atoms with Gasteiger partial charge in [-0.05, 0) is 36.1 Å². The van der Waals surface area contributed by atoms with Crippen molar-refractivity contribution in [3.05, 3.63) is 65.2 Å². The highest BCUT2D eigenvalue weighted by atomic mass is 16.5. The Morgan fingerprint density at radius 2 is 1.42 bits per heavy atom. The van der Waals surface area contributed by atoms with E-state index < -0.39 is 5.97 Å². The normalized spacial score (nSPS) is 10.9. The number of rotatable bonds is 19. The highest BCUT2D eigenvalue weighted by molar-refractivity contribution is 5.91. The zero-order chi connectivity index (χ0) is 23.6. The number of benzene rings is 2. The van der Waals surface area contributed by atoms with E-state index in [1.165, 1.54) is 44.9 Å². The van der Waals surface area contributed by atoms with E-state index in [9.17, 15) is 9.90 Å². The van der Waals surface area contributed by atoms with E-state index >= 15 is 0 Å². The highest BCUT2D eigenvalue weighted by Crippen LogP contribution is 2.22. The van der Waals surface area contributed by atoms with Crippen molar-refractivity contribution < 1.29 is 24.1 Å². The van der Waals surface area contributed by atoms with Gasteiger partial charge in [-0.1, -0.05) is 88.3 Å². The van der Waals surface area contributed by atoms with E-state index in [2.05, 4.69) is 6.92 Å². The Kier molecular flexibility index (Phi) is 14.0. The highest BCUT2D eigenvalue weighted by Gasteiger charge is 2.12. The van der Waals surface area contributed by atoms with Crippen molar-refractivity contribution in [3.8, 4) is 5.75 Å². The lowest BCUT2D eigenvalue weighted by Gasteiger charge is -2.11. The molecule has 182 valence electrons. The molecular formula is C28H40O5. The minimum absolute atomic E-state index is 0.221. The Bertz CT molecular complexity index is 775. The SMILES string of the molecule is CCCCCCCCCCc1ccc(OCCOCCOCc2ccccc2)c(C(=O)O)c1. The van der Waals surface area contributed by atoms with Gasteiger partial charge < -0.3 is 19.3 Å². The molecule has 0 radical (unpaired) electrons. The maximum absolute atomic E-state index is 11.7. The average molecular weight is 457 g/mol. The third kappa shape index (κ3) is 11.9. The van der Waals surface area contributed by atoms with Gasteiger partial charge in [0, 0.05) is 0 Å². The van der Waals surface area contributed by atoms with E-state index in [-0.39, 0.29) is 5.56 Å². The molecule has 0 saturated heterocycles. The van der Waals surface area contributed by atoms with Crippen LogP contribution in [-0.2, 0) is 22.5 Å². The number of aromatic carboxylic acids is 1. The zero-order valence-electron chi connectivity index (χ0n) is 20.1. The fourth-order valence-electron chi connectivity index (χ4n) is 3.68. The Morgan fingerprint density at radius 3 is 2.15 bits per heavy atom. The number of carbonyl (C=O) groups is 1. The summed E-state index contributed by atoms with van der Waals surface area (Å²) >= 11 is 0. The molecule has 5 nitrogen and oxygen atoms in total. The van der Waals surface area contributed by atoms with Crippen molar-refractivity contribution in [3.63, 3.8) is 0 Å². The summed E-state index contributed by atoms with van der Waals surface area (Å²) < 4.78 is 16.8. The van der Waals surface area contributed by atoms with Crippen LogP contribution in [-0.4, -0.2) is 37.5 Å². The van der Waals surface area contributed by atoms with Crippen molar-refractivity contribution in [1.29, 1.82) is 0 Å². The summed E-state index contributed by atoms with van der Waals surface area (Å²) in [6.45, 7) is 4.46. The summed E-state index contributed by atoms with van der Waals surface area (Å²) in [5.74, 6) is -0.566. The maximum atomic E-state index is 11.7. The fourth-order valence-corrected chi connectivity index (χ4v) is 3.68. The van der Waals surface area contributed by atoms with Crippen molar-refractivity contribution in [2.45, 2.75) is 71.3 Å². The van der Waals surface area contributed by atoms with Gasteiger partial charge in [0.05, 0.1) is 26.4 Å². The van der Waals surface area contributed by atoms with Gasteiger partial charge >= 0.3 is 5.97 Å².